The summed E-state index contributed by atoms with van der Waals surface area (Å²) >= 11 is 11.7. The van der Waals surface area contributed by atoms with Gasteiger partial charge in [0.15, 0.2) is 12.7 Å². The monoisotopic (exact) mass is 426 g/mol. The molecule has 28 heavy (non-hydrogen) atoms. The fourth-order valence-corrected chi connectivity index (χ4v) is 2.56. The van der Waals surface area contributed by atoms with Gasteiger partial charge in [-0.1, -0.05) is 23.2 Å². The van der Waals surface area contributed by atoms with Gasteiger partial charge in [0.25, 0.3) is 11.8 Å². The summed E-state index contributed by atoms with van der Waals surface area (Å²) in [4.78, 5) is 23.8. The van der Waals surface area contributed by atoms with Crippen LogP contribution >= 0.6 is 23.2 Å². The van der Waals surface area contributed by atoms with Crippen molar-refractivity contribution in [1.82, 2.24) is 10.6 Å². The third-order valence-electron chi connectivity index (χ3n) is 3.52. The Kier molecular flexibility index (Phi) is 8.22. The number of benzene rings is 2. The molecule has 3 N–H and O–H groups in total. The van der Waals surface area contributed by atoms with Crippen molar-refractivity contribution in [2.75, 3.05) is 19.7 Å². The number of hydrogen-bond donors (Lipinski definition) is 3. The van der Waals surface area contributed by atoms with E-state index in [9.17, 15) is 14.7 Å². The molecule has 0 spiro atoms. The Morgan fingerprint density at radius 1 is 1.07 bits per heavy atom. The van der Waals surface area contributed by atoms with Crippen molar-refractivity contribution >= 4 is 35.0 Å². The molecule has 0 radical (unpaired) electrons. The van der Waals surface area contributed by atoms with E-state index in [1.807, 2.05) is 0 Å². The molecule has 0 aliphatic rings. The van der Waals surface area contributed by atoms with Crippen LogP contribution < -0.4 is 20.1 Å². The summed E-state index contributed by atoms with van der Waals surface area (Å²) in [6.07, 6.45) is -0.726. The minimum Gasteiger partial charge on any atom is -0.508 e. The third-order valence-corrected chi connectivity index (χ3v) is 4.05. The molecule has 0 bridgehead atoms. The number of hydrogen-bond acceptors (Lipinski definition) is 5. The highest BCUT2D eigenvalue weighted by molar-refractivity contribution is 6.35. The number of phenolic OH excluding ortho intramolecular Hbond substituents is 1. The van der Waals surface area contributed by atoms with Gasteiger partial charge in [-0.05, 0) is 49.4 Å². The van der Waals surface area contributed by atoms with Crippen LogP contribution in [0.15, 0.2) is 42.5 Å². The van der Waals surface area contributed by atoms with E-state index in [4.69, 9.17) is 32.7 Å². The van der Waals surface area contributed by atoms with Gasteiger partial charge in [0, 0.05) is 18.1 Å². The predicted molar refractivity (Wildman–Crippen MR) is 106 cm³/mol. The number of phenols is 1. The smallest absolute Gasteiger partial charge is 0.260 e. The molecule has 9 heteroatoms. The number of nitrogens with one attached hydrogen (secondary N) is 2. The fourth-order valence-electron chi connectivity index (χ4n) is 2.10. The molecule has 1 unspecified atom stereocenters. The maximum atomic E-state index is 12.0. The van der Waals surface area contributed by atoms with Crippen LogP contribution in [0.25, 0.3) is 0 Å². The number of amides is 2. The van der Waals surface area contributed by atoms with Crippen molar-refractivity contribution in [1.29, 1.82) is 0 Å². The van der Waals surface area contributed by atoms with Gasteiger partial charge in [-0.25, -0.2) is 0 Å². The molecular formula is C19H20Cl2N2O5. The molecule has 0 fully saturated rings. The molecule has 2 amide bonds. The van der Waals surface area contributed by atoms with E-state index >= 15 is 0 Å². The second-order valence-corrected chi connectivity index (χ2v) is 6.60. The third kappa shape index (κ3) is 7.17. The summed E-state index contributed by atoms with van der Waals surface area (Å²) in [5.41, 5.74) is 0. The molecule has 0 aliphatic heterocycles. The Morgan fingerprint density at radius 3 is 2.43 bits per heavy atom. The van der Waals surface area contributed by atoms with Crippen molar-refractivity contribution in [2.45, 2.75) is 13.0 Å². The van der Waals surface area contributed by atoms with Crippen molar-refractivity contribution in [3.05, 3.63) is 52.5 Å². The van der Waals surface area contributed by atoms with Crippen molar-refractivity contribution in [3.63, 3.8) is 0 Å². The molecular weight excluding hydrogens is 407 g/mol. The standard InChI is InChI=1S/C19H20Cl2N2O5/c1-12(28-15-5-3-14(24)4-6-15)19(26)23-9-8-22-18(25)11-27-17-7-2-13(20)10-16(17)21/h2-7,10,12,24H,8-9,11H2,1H3,(H,22,25)(H,23,26). The zero-order valence-corrected chi connectivity index (χ0v) is 16.6. The van der Waals surface area contributed by atoms with Crippen LogP contribution in [-0.2, 0) is 9.59 Å². The maximum Gasteiger partial charge on any atom is 0.260 e. The van der Waals surface area contributed by atoms with Gasteiger partial charge in [-0.15, -0.1) is 0 Å². The quantitative estimate of drug-likeness (QED) is 0.535. The van der Waals surface area contributed by atoms with E-state index in [-0.39, 0.29) is 37.3 Å². The first-order chi connectivity index (χ1) is 13.3. The predicted octanol–water partition coefficient (Wildman–Crippen LogP) is 2.78. The summed E-state index contributed by atoms with van der Waals surface area (Å²) in [6.45, 7) is 1.85. The van der Waals surface area contributed by atoms with Crippen LogP contribution in [0.3, 0.4) is 0 Å². The largest absolute Gasteiger partial charge is 0.508 e. The zero-order valence-electron chi connectivity index (χ0n) is 15.1. The molecule has 0 aliphatic carbocycles. The van der Waals surface area contributed by atoms with Crippen molar-refractivity contribution in [2.24, 2.45) is 0 Å². The van der Waals surface area contributed by atoms with Crippen LogP contribution in [0.4, 0.5) is 0 Å². The number of halogens is 2. The Balaban J connectivity index is 1.63. The Labute approximate surface area is 172 Å². The number of aromatic hydroxyl groups is 1. The van der Waals surface area contributed by atoms with Crippen molar-refractivity contribution in [3.8, 4) is 17.2 Å². The molecule has 1 atom stereocenters. The summed E-state index contributed by atoms with van der Waals surface area (Å²) in [7, 11) is 0. The van der Waals surface area contributed by atoms with Gasteiger partial charge in [0.05, 0.1) is 5.02 Å². The number of ether oxygens (including phenoxy) is 2. The Hall–Kier alpha value is -2.64. The highest BCUT2D eigenvalue weighted by Crippen LogP contribution is 2.27. The van der Waals surface area contributed by atoms with E-state index in [0.29, 0.717) is 21.5 Å². The average molecular weight is 427 g/mol. The van der Waals surface area contributed by atoms with Crippen LogP contribution in [0.5, 0.6) is 17.2 Å². The first-order valence-electron chi connectivity index (χ1n) is 8.43. The lowest BCUT2D eigenvalue weighted by Gasteiger charge is -2.15. The molecule has 2 rings (SSSR count). The number of rotatable bonds is 9. The molecule has 0 saturated carbocycles. The number of carbonyl (C=O) groups is 2. The molecule has 7 nitrogen and oxygen atoms in total. The fraction of sp³-hybridized carbons (Fsp3) is 0.263. The van der Waals surface area contributed by atoms with Gasteiger partial charge in [0.2, 0.25) is 0 Å². The van der Waals surface area contributed by atoms with E-state index in [0.717, 1.165) is 0 Å². The zero-order chi connectivity index (χ0) is 20.5. The molecule has 2 aromatic carbocycles. The SMILES string of the molecule is CC(Oc1ccc(O)cc1)C(=O)NCCNC(=O)COc1ccc(Cl)cc1Cl. The Morgan fingerprint density at radius 2 is 1.75 bits per heavy atom. The first kappa shape index (κ1) is 21.7. The summed E-state index contributed by atoms with van der Waals surface area (Å²) < 4.78 is 10.8. The maximum absolute atomic E-state index is 12.0. The second kappa shape index (κ2) is 10.6. The average Bonchev–Trinajstić information content (AvgIpc) is 2.66. The minimum absolute atomic E-state index is 0.113. The normalized spacial score (nSPS) is 11.4. The highest BCUT2D eigenvalue weighted by atomic mass is 35.5. The number of carbonyl (C=O) groups excluding carboxylic acids is 2. The van der Waals surface area contributed by atoms with Gasteiger partial charge in [0.1, 0.15) is 17.2 Å². The summed E-state index contributed by atoms with van der Waals surface area (Å²) in [5.74, 6) is 0.254. The first-order valence-corrected chi connectivity index (χ1v) is 9.18. The second-order valence-electron chi connectivity index (χ2n) is 5.76. The lowest BCUT2D eigenvalue weighted by molar-refractivity contribution is -0.127. The van der Waals surface area contributed by atoms with Gasteiger partial charge in [-0.2, -0.15) is 0 Å². The lowest BCUT2D eigenvalue weighted by Crippen LogP contribution is -2.41. The van der Waals surface area contributed by atoms with Crippen LogP contribution in [0, 0.1) is 0 Å². The minimum atomic E-state index is -0.726. The molecule has 0 saturated heterocycles. The van der Waals surface area contributed by atoms with Crippen molar-refractivity contribution < 1.29 is 24.2 Å². The van der Waals surface area contributed by atoms with E-state index < -0.39 is 6.10 Å². The summed E-state index contributed by atoms with van der Waals surface area (Å²) in [6, 6.07) is 10.8. The van der Waals surface area contributed by atoms with Gasteiger partial charge in [-0.3, -0.25) is 9.59 Å². The lowest BCUT2D eigenvalue weighted by atomic mass is 10.3. The summed E-state index contributed by atoms with van der Waals surface area (Å²) in [5, 5.41) is 15.3. The topological polar surface area (TPSA) is 96.9 Å². The molecule has 2 aromatic rings. The van der Waals surface area contributed by atoms with Crippen LogP contribution in [0.2, 0.25) is 10.0 Å². The van der Waals surface area contributed by atoms with Crippen LogP contribution in [0.1, 0.15) is 6.92 Å². The van der Waals surface area contributed by atoms with E-state index in [2.05, 4.69) is 10.6 Å². The van der Waals surface area contributed by atoms with E-state index in [1.54, 1.807) is 31.2 Å². The van der Waals surface area contributed by atoms with E-state index in [1.165, 1.54) is 18.2 Å². The highest BCUT2D eigenvalue weighted by Gasteiger charge is 2.14. The van der Waals surface area contributed by atoms with Gasteiger partial charge < -0.3 is 25.2 Å². The van der Waals surface area contributed by atoms with Gasteiger partial charge >= 0.3 is 0 Å². The molecule has 0 aromatic heterocycles. The molecule has 0 heterocycles. The van der Waals surface area contributed by atoms with Crippen LogP contribution in [-0.4, -0.2) is 42.7 Å². The molecule has 150 valence electrons. The Bertz CT molecular complexity index is 814.